The summed E-state index contributed by atoms with van der Waals surface area (Å²) in [6, 6.07) is 6.51. The van der Waals surface area contributed by atoms with E-state index in [1.807, 2.05) is 36.9 Å². The monoisotopic (exact) mass is 314 g/mol. The second-order valence-corrected chi connectivity index (χ2v) is 6.56. The smallest absolute Gasteiger partial charge is 0.225 e. The molecule has 122 valence electrons. The van der Waals surface area contributed by atoms with Gasteiger partial charge in [-0.3, -0.25) is 9.48 Å². The molecular weight excluding hydrogens is 292 g/mol. The highest BCUT2D eigenvalue weighted by atomic mass is 16.3. The van der Waals surface area contributed by atoms with E-state index in [0.717, 1.165) is 30.1 Å². The third-order valence-corrected chi connectivity index (χ3v) is 4.80. The summed E-state index contributed by atoms with van der Waals surface area (Å²) in [7, 11) is 1.94. The summed E-state index contributed by atoms with van der Waals surface area (Å²) >= 11 is 0. The lowest BCUT2D eigenvalue weighted by molar-refractivity contribution is -0.129. The summed E-state index contributed by atoms with van der Waals surface area (Å²) in [5, 5.41) is 7.81. The van der Waals surface area contributed by atoms with Crippen LogP contribution in [0.15, 0.2) is 28.8 Å². The predicted molar refractivity (Wildman–Crippen MR) is 84.5 cm³/mol. The Bertz CT molecular complexity index is 716. The van der Waals surface area contributed by atoms with Crippen LogP contribution in [-0.2, 0) is 18.4 Å². The molecule has 2 aromatic heterocycles. The molecule has 2 fully saturated rings. The van der Waals surface area contributed by atoms with Crippen LogP contribution in [-0.4, -0.2) is 32.7 Å². The number of aromatic nitrogens is 2. The van der Waals surface area contributed by atoms with Crippen LogP contribution in [0.2, 0.25) is 0 Å². The van der Waals surface area contributed by atoms with Crippen molar-refractivity contribution in [3.8, 4) is 0 Å². The average Bonchev–Trinajstić information content (AvgIpc) is 2.98. The predicted octanol–water partition coefficient (Wildman–Crippen LogP) is 1.92. The molecule has 2 atom stereocenters. The Morgan fingerprint density at radius 1 is 1.35 bits per heavy atom. The van der Waals surface area contributed by atoms with Gasteiger partial charge in [-0.1, -0.05) is 0 Å². The van der Waals surface area contributed by atoms with Crippen molar-refractivity contribution < 1.29 is 9.21 Å². The highest BCUT2D eigenvalue weighted by Gasteiger charge is 2.48. The molecule has 6 nitrogen and oxygen atoms in total. The lowest BCUT2D eigenvalue weighted by Crippen LogP contribution is -2.38. The largest absolute Gasteiger partial charge is 0.465 e. The number of amides is 1. The fraction of sp³-hybridized carbons (Fsp3) is 0.529. The maximum Gasteiger partial charge on any atom is 0.225 e. The SMILES string of the molecule is Cc1ccc(CN[C@@H]2CC(=O)N(C3CC3)[C@H]2c2ccnn2C)o1. The second kappa shape index (κ2) is 5.53. The molecule has 1 amide bonds. The van der Waals surface area contributed by atoms with Crippen molar-refractivity contribution in [3.05, 3.63) is 41.6 Å². The van der Waals surface area contributed by atoms with Gasteiger partial charge in [0, 0.05) is 31.7 Å². The second-order valence-electron chi connectivity index (χ2n) is 6.56. The molecule has 2 aromatic rings. The number of aryl methyl sites for hydroxylation is 2. The van der Waals surface area contributed by atoms with Gasteiger partial charge in [-0.15, -0.1) is 0 Å². The van der Waals surface area contributed by atoms with Crippen molar-refractivity contribution >= 4 is 5.91 Å². The first-order chi connectivity index (χ1) is 11.1. The average molecular weight is 314 g/mol. The standard InChI is InChI=1S/C17H22N4O2/c1-11-3-6-13(23-11)10-18-14-9-16(22)21(12-4-5-12)17(14)15-7-8-19-20(15)2/h3,6-8,12,14,17-18H,4-5,9-10H2,1-2H3/t14-,17-/m1/s1. The van der Waals surface area contributed by atoms with Gasteiger partial charge in [0.25, 0.3) is 0 Å². The van der Waals surface area contributed by atoms with E-state index >= 15 is 0 Å². The lowest BCUT2D eigenvalue weighted by Gasteiger charge is -2.28. The van der Waals surface area contributed by atoms with E-state index in [0.29, 0.717) is 19.0 Å². The lowest BCUT2D eigenvalue weighted by atomic mass is 10.1. The molecular formula is C17H22N4O2. The van der Waals surface area contributed by atoms with E-state index in [2.05, 4.69) is 15.3 Å². The Morgan fingerprint density at radius 3 is 2.78 bits per heavy atom. The number of hydrogen-bond acceptors (Lipinski definition) is 4. The first-order valence-corrected chi connectivity index (χ1v) is 8.21. The summed E-state index contributed by atoms with van der Waals surface area (Å²) in [6.07, 6.45) is 4.57. The van der Waals surface area contributed by atoms with Crippen molar-refractivity contribution in [2.45, 2.75) is 50.9 Å². The van der Waals surface area contributed by atoms with Crippen molar-refractivity contribution in [2.75, 3.05) is 0 Å². The van der Waals surface area contributed by atoms with Crippen LogP contribution in [0, 0.1) is 6.92 Å². The van der Waals surface area contributed by atoms with Crippen molar-refractivity contribution in [2.24, 2.45) is 7.05 Å². The molecule has 0 unspecified atom stereocenters. The van der Waals surface area contributed by atoms with Crippen LogP contribution in [0.5, 0.6) is 0 Å². The highest BCUT2D eigenvalue weighted by Crippen LogP contribution is 2.41. The fourth-order valence-electron chi connectivity index (χ4n) is 3.56. The van der Waals surface area contributed by atoms with Crippen molar-refractivity contribution in [1.29, 1.82) is 0 Å². The molecule has 4 rings (SSSR count). The Hall–Kier alpha value is -2.08. The van der Waals surface area contributed by atoms with Crippen molar-refractivity contribution in [1.82, 2.24) is 20.0 Å². The maximum atomic E-state index is 12.5. The molecule has 0 aromatic carbocycles. The maximum absolute atomic E-state index is 12.5. The Kier molecular flexibility index (Phi) is 3.49. The van der Waals surface area contributed by atoms with E-state index in [1.165, 1.54) is 0 Å². The van der Waals surface area contributed by atoms with Gasteiger partial charge in [0.1, 0.15) is 11.5 Å². The van der Waals surface area contributed by atoms with Gasteiger partial charge in [0.15, 0.2) is 0 Å². The zero-order valence-corrected chi connectivity index (χ0v) is 13.5. The van der Waals surface area contributed by atoms with E-state index in [-0.39, 0.29) is 18.0 Å². The molecule has 1 aliphatic carbocycles. The normalized spacial score (nSPS) is 24.6. The molecule has 6 heteroatoms. The number of likely N-dealkylation sites (tertiary alicyclic amines) is 1. The summed E-state index contributed by atoms with van der Waals surface area (Å²) in [5.74, 6) is 2.06. The zero-order valence-electron chi connectivity index (χ0n) is 13.5. The molecule has 1 aliphatic heterocycles. The first kappa shape index (κ1) is 14.5. The minimum absolute atomic E-state index is 0.0542. The van der Waals surface area contributed by atoms with Crippen LogP contribution in [0.1, 0.15) is 42.5 Å². The molecule has 3 heterocycles. The minimum atomic E-state index is 0.0542. The third-order valence-electron chi connectivity index (χ3n) is 4.80. The Morgan fingerprint density at radius 2 is 2.17 bits per heavy atom. The molecule has 1 saturated heterocycles. The van der Waals surface area contributed by atoms with Gasteiger partial charge in [-0.05, 0) is 38.0 Å². The number of nitrogens with one attached hydrogen (secondary N) is 1. The summed E-state index contributed by atoms with van der Waals surface area (Å²) in [5.41, 5.74) is 1.09. The molecule has 23 heavy (non-hydrogen) atoms. The van der Waals surface area contributed by atoms with Gasteiger partial charge >= 0.3 is 0 Å². The van der Waals surface area contributed by atoms with Crippen LogP contribution >= 0.6 is 0 Å². The number of rotatable bonds is 5. The molecule has 2 aliphatic rings. The topological polar surface area (TPSA) is 63.3 Å². The molecule has 1 N–H and O–H groups in total. The van der Waals surface area contributed by atoms with E-state index in [4.69, 9.17) is 4.42 Å². The van der Waals surface area contributed by atoms with Gasteiger partial charge in [0.05, 0.1) is 18.3 Å². The Balaban J connectivity index is 1.56. The molecule has 0 spiro atoms. The number of hydrogen-bond donors (Lipinski definition) is 1. The van der Waals surface area contributed by atoms with E-state index in [9.17, 15) is 4.79 Å². The van der Waals surface area contributed by atoms with Crippen LogP contribution in [0.25, 0.3) is 0 Å². The number of carbonyl (C=O) groups excluding carboxylic acids is 1. The van der Waals surface area contributed by atoms with E-state index < -0.39 is 0 Å². The quantitative estimate of drug-likeness (QED) is 0.916. The van der Waals surface area contributed by atoms with Crippen LogP contribution in [0.4, 0.5) is 0 Å². The number of carbonyl (C=O) groups is 1. The van der Waals surface area contributed by atoms with Gasteiger partial charge in [-0.25, -0.2) is 0 Å². The van der Waals surface area contributed by atoms with Gasteiger partial charge in [-0.2, -0.15) is 5.10 Å². The molecule has 0 radical (unpaired) electrons. The van der Waals surface area contributed by atoms with Crippen LogP contribution < -0.4 is 5.32 Å². The zero-order chi connectivity index (χ0) is 16.0. The number of nitrogens with zero attached hydrogens (tertiary/aromatic N) is 3. The number of furan rings is 1. The fourth-order valence-corrected chi connectivity index (χ4v) is 3.56. The Labute approximate surface area is 135 Å². The summed E-state index contributed by atoms with van der Waals surface area (Å²) in [4.78, 5) is 14.6. The van der Waals surface area contributed by atoms with Gasteiger partial charge in [0.2, 0.25) is 5.91 Å². The highest BCUT2D eigenvalue weighted by molar-refractivity contribution is 5.81. The van der Waals surface area contributed by atoms with Crippen molar-refractivity contribution in [3.63, 3.8) is 0 Å². The van der Waals surface area contributed by atoms with Crippen LogP contribution in [0.3, 0.4) is 0 Å². The summed E-state index contributed by atoms with van der Waals surface area (Å²) in [6.45, 7) is 2.58. The van der Waals surface area contributed by atoms with E-state index in [1.54, 1.807) is 6.20 Å². The summed E-state index contributed by atoms with van der Waals surface area (Å²) < 4.78 is 7.51. The minimum Gasteiger partial charge on any atom is -0.465 e. The third kappa shape index (κ3) is 2.67. The van der Waals surface area contributed by atoms with Gasteiger partial charge < -0.3 is 14.6 Å². The first-order valence-electron chi connectivity index (χ1n) is 8.21. The molecule has 1 saturated carbocycles. The molecule has 0 bridgehead atoms.